The lowest BCUT2D eigenvalue weighted by Crippen LogP contribution is -2.36. The minimum atomic E-state index is 0. The summed E-state index contributed by atoms with van der Waals surface area (Å²) in [7, 11) is 1.66. The molecule has 0 radical (unpaired) electrons. The number of phenols is 1. The van der Waals surface area contributed by atoms with Crippen molar-refractivity contribution in [1.82, 2.24) is 10.6 Å². The van der Waals surface area contributed by atoms with Crippen LogP contribution in [0.5, 0.6) is 11.5 Å². The molecular weight excluding hydrogens is 493 g/mol. The first-order valence-corrected chi connectivity index (χ1v) is 9.97. The smallest absolute Gasteiger partial charge is 0.191 e. The van der Waals surface area contributed by atoms with Crippen LogP contribution in [0.1, 0.15) is 34.7 Å². The summed E-state index contributed by atoms with van der Waals surface area (Å²) >= 11 is 0. The van der Waals surface area contributed by atoms with Gasteiger partial charge in [-0.05, 0) is 56.0 Å². The Morgan fingerprint density at radius 3 is 2.37 bits per heavy atom. The highest BCUT2D eigenvalue weighted by Gasteiger charge is 2.07. The predicted octanol–water partition coefficient (Wildman–Crippen LogP) is 4.22. The zero-order valence-corrected chi connectivity index (χ0v) is 20.9. The van der Waals surface area contributed by atoms with Crippen LogP contribution in [-0.2, 0) is 17.8 Å². The van der Waals surface area contributed by atoms with Crippen LogP contribution in [0.2, 0.25) is 0 Å². The highest BCUT2D eigenvalue weighted by atomic mass is 127. The van der Waals surface area contributed by atoms with Gasteiger partial charge >= 0.3 is 0 Å². The number of halogens is 1. The maximum absolute atomic E-state index is 9.95. The topological polar surface area (TPSA) is 75.1 Å². The van der Waals surface area contributed by atoms with Crippen molar-refractivity contribution in [3.8, 4) is 11.5 Å². The summed E-state index contributed by atoms with van der Waals surface area (Å²) in [6.07, 6.45) is 0. The van der Waals surface area contributed by atoms with Crippen molar-refractivity contribution in [2.24, 2.45) is 4.99 Å². The van der Waals surface area contributed by atoms with Crippen LogP contribution in [0, 0.1) is 20.8 Å². The number of guanidine groups is 1. The normalized spacial score (nSPS) is 11.0. The van der Waals surface area contributed by atoms with Crippen molar-refractivity contribution in [2.45, 2.75) is 40.8 Å². The maximum atomic E-state index is 9.95. The van der Waals surface area contributed by atoms with Crippen LogP contribution in [0.3, 0.4) is 0 Å². The number of methoxy groups -OCH3 is 1. The van der Waals surface area contributed by atoms with Gasteiger partial charge in [0, 0.05) is 25.8 Å². The van der Waals surface area contributed by atoms with Crippen molar-refractivity contribution >= 4 is 29.9 Å². The summed E-state index contributed by atoms with van der Waals surface area (Å²) < 4.78 is 10.9. The molecule has 6 nitrogen and oxygen atoms in total. The van der Waals surface area contributed by atoms with Crippen LogP contribution < -0.4 is 15.4 Å². The number of benzene rings is 2. The van der Waals surface area contributed by atoms with Gasteiger partial charge in [-0.3, -0.25) is 0 Å². The first kappa shape index (κ1) is 26.0. The van der Waals surface area contributed by atoms with E-state index in [1.807, 2.05) is 45.9 Å². The van der Waals surface area contributed by atoms with Gasteiger partial charge in [-0.1, -0.05) is 24.3 Å². The highest BCUT2D eigenvalue weighted by molar-refractivity contribution is 14.0. The van der Waals surface area contributed by atoms with Gasteiger partial charge in [0.1, 0.15) is 18.1 Å². The molecule has 7 heteroatoms. The third-order valence-corrected chi connectivity index (χ3v) is 4.53. The molecule has 0 aliphatic rings. The third-order valence-electron chi connectivity index (χ3n) is 4.53. The molecule has 0 saturated heterocycles. The number of rotatable bonds is 9. The zero-order valence-electron chi connectivity index (χ0n) is 18.5. The summed E-state index contributed by atoms with van der Waals surface area (Å²) in [5.41, 5.74) is 5.01. The van der Waals surface area contributed by atoms with Crippen molar-refractivity contribution in [3.63, 3.8) is 0 Å². The van der Waals surface area contributed by atoms with Gasteiger partial charge in [-0.15, -0.1) is 24.0 Å². The van der Waals surface area contributed by atoms with Crippen molar-refractivity contribution in [2.75, 3.05) is 26.9 Å². The molecule has 2 aromatic rings. The number of hydrogen-bond acceptors (Lipinski definition) is 4. The molecule has 0 heterocycles. The van der Waals surface area contributed by atoms with Gasteiger partial charge in [0.05, 0.1) is 13.2 Å². The molecule has 0 unspecified atom stereocenters. The van der Waals surface area contributed by atoms with E-state index in [1.165, 1.54) is 0 Å². The number of aliphatic imine (C=N–C) groups is 1. The number of phenolic OH excluding ortho intramolecular Hbond substituents is 1. The van der Waals surface area contributed by atoms with Crippen molar-refractivity contribution in [1.29, 1.82) is 0 Å². The van der Waals surface area contributed by atoms with Crippen LogP contribution in [0.4, 0.5) is 0 Å². The summed E-state index contributed by atoms with van der Waals surface area (Å²) in [6, 6.07) is 10.1. The van der Waals surface area contributed by atoms with Crippen LogP contribution in [0.25, 0.3) is 0 Å². The minimum Gasteiger partial charge on any atom is -0.507 e. The molecule has 2 rings (SSSR count). The summed E-state index contributed by atoms with van der Waals surface area (Å²) in [5, 5.41) is 16.6. The molecular formula is C23H34IN3O3. The van der Waals surface area contributed by atoms with E-state index >= 15 is 0 Å². The average molecular weight is 527 g/mol. The van der Waals surface area contributed by atoms with Crippen LogP contribution in [0.15, 0.2) is 35.3 Å². The standard InChI is InChI=1S/C23H33N3O3.HI/c1-6-24-23(25-14-19-12-17(3)22(27)18(4)13-19)26-15-20-8-7-16(2)11-21(20)29-10-9-28-5;/h7-8,11-13,27H,6,9-10,14-15H2,1-5H3,(H2,24,25,26);1H. The molecule has 3 N–H and O–H groups in total. The lowest BCUT2D eigenvalue weighted by atomic mass is 10.1. The molecule has 0 aliphatic carbocycles. The Morgan fingerprint density at radius 1 is 1.03 bits per heavy atom. The fraction of sp³-hybridized carbons (Fsp3) is 0.435. The first-order chi connectivity index (χ1) is 13.9. The number of nitrogens with zero attached hydrogens (tertiary/aromatic N) is 1. The zero-order chi connectivity index (χ0) is 21.2. The Kier molecular flexibility index (Phi) is 11.6. The summed E-state index contributed by atoms with van der Waals surface area (Å²) in [5.74, 6) is 1.94. The maximum Gasteiger partial charge on any atom is 0.191 e. The predicted molar refractivity (Wildman–Crippen MR) is 133 cm³/mol. The molecule has 2 aromatic carbocycles. The van der Waals surface area contributed by atoms with E-state index in [9.17, 15) is 5.11 Å². The van der Waals surface area contributed by atoms with E-state index in [4.69, 9.17) is 9.47 Å². The molecule has 0 atom stereocenters. The Labute approximate surface area is 197 Å². The van der Waals surface area contributed by atoms with Gasteiger partial charge in [-0.25, -0.2) is 4.99 Å². The number of ether oxygens (including phenoxy) is 2. The molecule has 0 fully saturated rings. The number of nitrogens with one attached hydrogen (secondary N) is 2. The van der Waals surface area contributed by atoms with Gasteiger partial charge in [-0.2, -0.15) is 0 Å². The quantitative estimate of drug-likeness (QED) is 0.197. The van der Waals surface area contributed by atoms with E-state index in [-0.39, 0.29) is 24.0 Å². The van der Waals surface area contributed by atoms with E-state index in [2.05, 4.69) is 27.8 Å². The van der Waals surface area contributed by atoms with Gasteiger partial charge in [0.2, 0.25) is 0 Å². The fourth-order valence-corrected chi connectivity index (χ4v) is 3.01. The lowest BCUT2D eigenvalue weighted by Gasteiger charge is -2.15. The number of aromatic hydroxyl groups is 1. The molecule has 0 bridgehead atoms. The second kappa shape index (κ2) is 13.3. The largest absolute Gasteiger partial charge is 0.507 e. The van der Waals surface area contributed by atoms with Gasteiger partial charge in [0.25, 0.3) is 0 Å². The molecule has 0 aliphatic heterocycles. The SMILES string of the molecule is CCNC(=NCc1cc(C)c(O)c(C)c1)NCc1ccc(C)cc1OCCOC.I. The average Bonchev–Trinajstić information content (AvgIpc) is 2.69. The Morgan fingerprint density at radius 2 is 1.73 bits per heavy atom. The van der Waals surface area contributed by atoms with Crippen LogP contribution >= 0.6 is 24.0 Å². The molecule has 0 spiro atoms. The molecule has 0 aromatic heterocycles. The Balaban J connectivity index is 0.00000450. The molecule has 30 heavy (non-hydrogen) atoms. The lowest BCUT2D eigenvalue weighted by molar-refractivity contribution is 0.145. The highest BCUT2D eigenvalue weighted by Crippen LogP contribution is 2.23. The first-order valence-electron chi connectivity index (χ1n) is 9.97. The monoisotopic (exact) mass is 527 g/mol. The molecule has 166 valence electrons. The van der Waals surface area contributed by atoms with Gasteiger partial charge < -0.3 is 25.2 Å². The Bertz CT molecular complexity index is 817. The third kappa shape index (κ3) is 8.02. The fourth-order valence-electron chi connectivity index (χ4n) is 3.01. The van der Waals surface area contributed by atoms with Crippen molar-refractivity contribution < 1.29 is 14.6 Å². The summed E-state index contributed by atoms with van der Waals surface area (Å²) in [6.45, 7) is 10.9. The second-order valence-electron chi connectivity index (χ2n) is 7.08. The summed E-state index contributed by atoms with van der Waals surface area (Å²) in [4.78, 5) is 4.69. The second-order valence-corrected chi connectivity index (χ2v) is 7.08. The van der Waals surface area contributed by atoms with Gasteiger partial charge in [0.15, 0.2) is 5.96 Å². The molecule has 0 amide bonds. The van der Waals surface area contributed by atoms with Crippen LogP contribution in [-0.4, -0.2) is 37.9 Å². The van der Waals surface area contributed by atoms with E-state index < -0.39 is 0 Å². The molecule has 0 saturated carbocycles. The van der Waals surface area contributed by atoms with E-state index in [0.717, 1.165) is 46.1 Å². The number of hydrogen-bond donors (Lipinski definition) is 3. The van der Waals surface area contributed by atoms with E-state index in [1.54, 1.807) is 7.11 Å². The van der Waals surface area contributed by atoms with E-state index in [0.29, 0.717) is 32.1 Å². The number of aryl methyl sites for hydroxylation is 3. The minimum absolute atomic E-state index is 0. The Hall–Kier alpha value is -2.00. The van der Waals surface area contributed by atoms with Crippen molar-refractivity contribution in [3.05, 3.63) is 58.1 Å².